The van der Waals surface area contributed by atoms with Crippen LogP contribution in [0.1, 0.15) is 16.7 Å². The molecule has 0 saturated carbocycles. The smallest absolute Gasteiger partial charge is 0.504 e. The van der Waals surface area contributed by atoms with Crippen LogP contribution in [0.15, 0.2) is 334 Å². The molecule has 0 amide bonds. The zero-order valence-electron chi connectivity index (χ0n) is 57.1. The van der Waals surface area contributed by atoms with Crippen molar-refractivity contribution in [2.24, 2.45) is 0 Å². The van der Waals surface area contributed by atoms with Crippen LogP contribution in [0, 0.1) is 39.6 Å². The molecular weight excluding hydrogens is 1460 g/mol. The molecule has 6 heterocycles. The van der Waals surface area contributed by atoms with Crippen molar-refractivity contribution in [3.63, 3.8) is 0 Å². The fourth-order valence-electron chi connectivity index (χ4n) is 13.8. The molecule has 0 unspecified atom stereocenters. The van der Waals surface area contributed by atoms with Crippen LogP contribution in [0.2, 0.25) is 0 Å². The van der Waals surface area contributed by atoms with E-state index in [9.17, 15) is 0 Å². The maximum atomic E-state index is 5.06. The molecule has 1 aliphatic rings. The molecule has 18 aromatic rings. The van der Waals surface area contributed by atoms with E-state index < -0.39 is 0 Å². The normalized spacial score (nSPS) is 11.5. The number of rotatable bonds is 9. The SMILES string of the molecule is CN1[CH-]N(c2[c-]cccc2)c2ccccc21.Cc1ccccc1-c1nnc(-c2[c-]cccc2)n1-c1c(C)cccc1C.[Ir+3].c1ccc(-c2ccnc3c2ccc2c(-c4ccccc4)ccnc23)cc1.c1ccc(-n2c(-c3cccc(-c4cccc5c4sc4ccccc45)c3)nc3ccccc32)cc1. The monoisotopic (exact) mass is 1520 g/mol. The Kier molecular flexibility index (Phi) is 19.3. The quantitative estimate of drug-likeness (QED) is 0.105. The van der Waals surface area contributed by atoms with E-state index in [1.54, 1.807) is 0 Å². The molecule has 1 aliphatic heterocycles. The van der Waals surface area contributed by atoms with Crippen molar-refractivity contribution >= 4 is 81.4 Å². The molecule has 0 N–H and O–H groups in total. The van der Waals surface area contributed by atoms with E-state index >= 15 is 0 Å². The Morgan fingerprint density at radius 2 is 0.932 bits per heavy atom. The van der Waals surface area contributed by atoms with Gasteiger partial charge in [-0.3, -0.25) is 14.5 Å². The molecule has 0 radical (unpaired) electrons. The summed E-state index contributed by atoms with van der Waals surface area (Å²) in [6, 6.07) is 118. The van der Waals surface area contributed by atoms with Crippen molar-refractivity contribution in [1.82, 2.24) is 34.3 Å². The van der Waals surface area contributed by atoms with Crippen LogP contribution in [0.5, 0.6) is 0 Å². The van der Waals surface area contributed by atoms with Crippen LogP contribution in [-0.4, -0.2) is 41.3 Å². The first-order chi connectivity index (χ1) is 50.3. The van der Waals surface area contributed by atoms with E-state index in [1.807, 2.05) is 96.5 Å². The van der Waals surface area contributed by atoms with E-state index in [4.69, 9.17) is 4.98 Å². The van der Waals surface area contributed by atoms with Crippen LogP contribution in [0.25, 0.3) is 132 Å². The minimum absolute atomic E-state index is 0. The fraction of sp³-hybridized carbons (Fsp3) is 0.0435. The predicted molar refractivity (Wildman–Crippen MR) is 425 cm³/mol. The van der Waals surface area contributed by atoms with Crippen LogP contribution in [0.4, 0.5) is 17.1 Å². The summed E-state index contributed by atoms with van der Waals surface area (Å²) >= 11 is 1.87. The number of nitrogens with zero attached hydrogens (tertiary/aromatic N) is 9. The fourth-order valence-corrected chi connectivity index (χ4v) is 15.0. The molecule has 11 heteroatoms. The molecule has 0 aliphatic carbocycles. The summed E-state index contributed by atoms with van der Waals surface area (Å²) in [5, 5.41) is 14.0. The van der Waals surface area contributed by atoms with Crippen molar-refractivity contribution in [2.45, 2.75) is 20.8 Å². The van der Waals surface area contributed by atoms with E-state index in [1.165, 1.54) is 81.6 Å². The van der Waals surface area contributed by atoms with Gasteiger partial charge in [0.15, 0.2) is 5.82 Å². The third-order valence-electron chi connectivity index (χ3n) is 18.6. The van der Waals surface area contributed by atoms with Crippen LogP contribution >= 0.6 is 11.3 Å². The van der Waals surface area contributed by atoms with Crippen LogP contribution in [0.3, 0.4) is 0 Å². The minimum atomic E-state index is 0. The molecule has 0 saturated heterocycles. The zero-order chi connectivity index (χ0) is 68.9. The Labute approximate surface area is 617 Å². The van der Waals surface area contributed by atoms with Gasteiger partial charge in [-0.1, -0.05) is 212 Å². The molecule has 0 spiro atoms. The molecule has 496 valence electrons. The van der Waals surface area contributed by atoms with Gasteiger partial charge in [0.05, 0.1) is 27.9 Å². The molecule has 9 nitrogen and oxygen atoms in total. The van der Waals surface area contributed by atoms with Crippen LogP contribution < -0.4 is 9.80 Å². The van der Waals surface area contributed by atoms with Gasteiger partial charge in [-0.2, -0.15) is 42.1 Å². The van der Waals surface area contributed by atoms with Crippen molar-refractivity contribution in [3.8, 4) is 78.9 Å². The number of imidazole rings is 1. The number of pyridine rings is 2. The number of thiophene rings is 1. The zero-order valence-corrected chi connectivity index (χ0v) is 60.3. The first kappa shape index (κ1) is 66.6. The third-order valence-corrected chi connectivity index (χ3v) is 19.8. The second-order valence-electron chi connectivity index (χ2n) is 25.1. The number of aryl methyl sites for hydroxylation is 3. The van der Waals surface area contributed by atoms with E-state index in [2.05, 4.69) is 334 Å². The molecule has 5 aromatic heterocycles. The third kappa shape index (κ3) is 13.3. The van der Waals surface area contributed by atoms with Gasteiger partial charge in [0, 0.05) is 77.2 Å². The number of benzene rings is 13. The Morgan fingerprint density at radius 1 is 0.388 bits per heavy atom. The number of hydrogen-bond acceptors (Lipinski definition) is 8. The summed E-state index contributed by atoms with van der Waals surface area (Å²) in [5.41, 5.74) is 23.7. The molecule has 0 atom stereocenters. The van der Waals surface area contributed by atoms with Gasteiger partial charge in [-0.05, 0) is 139 Å². The van der Waals surface area contributed by atoms with E-state index in [0.717, 1.165) is 84.1 Å². The Balaban J connectivity index is 0.000000114. The summed E-state index contributed by atoms with van der Waals surface area (Å²) in [4.78, 5) is 18.7. The topological polar surface area (TPSA) is 80.8 Å². The second-order valence-corrected chi connectivity index (χ2v) is 26.2. The Morgan fingerprint density at radius 3 is 1.62 bits per heavy atom. The minimum Gasteiger partial charge on any atom is -0.504 e. The van der Waals surface area contributed by atoms with Gasteiger partial charge in [-0.25, -0.2) is 4.98 Å². The molecule has 13 aromatic carbocycles. The van der Waals surface area contributed by atoms with Crippen molar-refractivity contribution in [2.75, 3.05) is 16.8 Å². The van der Waals surface area contributed by atoms with Gasteiger partial charge in [0.25, 0.3) is 0 Å². The molecule has 0 bridgehead atoms. The predicted octanol–water partition coefficient (Wildman–Crippen LogP) is 23.4. The Bertz CT molecular complexity index is 5880. The van der Waals surface area contributed by atoms with Gasteiger partial charge in [0.2, 0.25) is 0 Å². The van der Waals surface area contributed by atoms with E-state index in [-0.39, 0.29) is 20.1 Å². The average molecular weight is 1520 g/mol. The summed E-state index contributed by atoms with van der Waals surface area (Å²) < 4.78 is 7.08. The average Bonchev–Trinajstić information content (AvgIpc) is 1.05. The summed E-state index contributed by atoms with van der Waals surface area (Å²) in [7, 11) is 2.06. The number of para-hydroxylation sites is 7. The molecule has 0 fully saturated rings. The molecular formula is C92H68IrN9S. The number of hydrogen-bond donors (Lipinski definition) is 0. The second kappa shape index (κ2) is 29.9. The van der Waals surface area contributed by atoms with Crippen molar-refractivity contribution < 1.29 is 20.1 Å². The van der Waals surface area contributed by atoms with Crippen molar-refractivity contribution in [3.05, 3.63) is 369 Å². The van der Waals surface area contributed by atoms with Gasteiger partial charge in [-0.15, -0.1) is 58.0 Å². The standard InChI is InChI=1S/C31H20N2S.C24H16N2.C23H20N3.C14H12N2.Ir/c1-2-12-23(13-3-1)33-28-18-6-5-17-27(28)32-31(33)22-11-8-10-21(20-22)24-15-9-16-26-25-14-4-7-19-29(25)34-30(24)26;1-3-7-17(8-4-1)19-13-15-25-23-21(19)11-12-22-20(14-16-26-24(22)23)18-9-5-2-6-10-18;1-16-10-7-8-15-20(16)23-25-24-22(19-13-5-4-6-14-19)26(23)21-17(2)11-9-12-18(21)3;1-15-11-16(12-7-3-2-4-8-12)14-10-6-5-9-13(14)15;/h1-20H;1-16H;4-13,15H,1-3H3;2-7,9-11H,1H3;/q;;-1;-2;+3. The van der Waals surface area contributed by atoms with Crippen molar-refractivity contribution in [1.29, 1.82) is 0 Å². The maximum absolute atomic E-state index is 5.06. The molecule has 103 heavy (non-hydrogen) atoms. The summed E-state index contributed by atoms with van der Waals surface area (Å²) in [6.45, 7) is 8.44. The number of aromatic nitrogens is 7. The maximum Gasteiger partial charge on any atom is 3.00 e. The van der Waals surface area contributed by atoms with Gasteiger partial charge in [0.1, 0.15) is 5.82 Å². The van der Waals surface area contributed by atoms with Gasteiger partial charge >= 0.3 is 20.1 Å². The first-order valence-corrected chi connectivity index (χ1v) is 34.9. The largest absolute Gasteiger partial charge is 3.00 e. The van der Waals surface area contributed by atoms with E-state index in [0.29, 0.717) is 0 Å². The number of anilines is 3. The van der Waals surface area contributed by atoms with Crippen LogP contribution in [-0.2, 0) is 20.1 Å². The Hall–Kier alpha value is -12.2. The summed E-state index contributed by atoms with van der Waals surface area (Å²) in [6.07, 6.45) is 3.75. The summed E-state index contributed by atoms with van der Waals surface area (Å²) in [5.74, 6) is 2.62. The first-order valence-electron chi connectivity index (χ1n) is 34.1. The molecule has 19 rings (SSSR count). The van der Waals surface area contributed by atoms with Gasteiger partial charge < -0.3 is 14.4 Å². The number of fused-ring (bicyclic) bond motifs is 8.